The van der Waals surface area contributed by atoms with Crippen molar-refractivity contribution in [2.75, 3.05) is 31.6 Å². The van der Waals surface area contributed by atoms with Crippen molar-refractivity contribution >= 4 is 12.0 Å². The van der Waals surface area contributed by atoms with E-state index in [4.69, 9.17) is 0 Å². The Morgan fingerprint density at radius 3 is 2.43 bits per heavy atom. The number of carbonyl (C=O) groups excluding carboxylic acids is 1. The van der Waals surface area contributed by atoms with Crippen LogP contribution >= 0.6 is 0 Å². The molecule has 1 fully saturated rings. The number of likely N-dealkylation sites (N-methyl/N-ethyl adjacent to an activating group) is 1. The molecule has 0 radical (unpaired) electrons. The SMILES string of the molecule is CN1CCN(c2ccc(C=O)cc2C(F)(F)F)CC1(C)C. The minimum Gasteiger partial charge on any atom is -0.368 e. The van der Waals surface area contributed by atoms with Crippen LogP contribution in [0.15, 0.2) is 18.2 Å². The van der Waals surface area contributed by atoms with Gasteiger partial charge in [-0.05, 0) is 39.1 Å². The van der Waals surface area contributed by atoms with Gasteiger partial charge in [-0.3, -0.25) is 9.69 Å². The fourth-order valence-corrected chi connectivity index (χ4v) is 2.58. The molecule has 0 unspecified atom stereocenters. The lowest BCUT2D eigenvalue weighted by molar-refractivity contribution is -0.137. The molecule has 1 aromatic carbocycles. The number of hydrogen-bond acceptors (Lipinski definition) is 3. The van der Waals surface area contributed by atoms with E-state index in [1.54, 1.807) is 4.90 Å². The number of alkyl halides is 3. The fourth-order valence-electron chi connectivity index (χ4n) is 2.58. The van der Waals surface area contributed by atoms with Gasteiger partial charge in [-0.25, -0.2) is 0 Å². The van der Waals surface area contributed by atoms with Crippen LogP contribution in [0.5, 0.6) is 0 Å². The van der Waals surface area contributed by atoms with Crippen molar-refractivity contribution < 1.29 is 18.0 Å². The monoisotopic (exact) mass is 300 g/mol. The van der Waals surface area contributed by atoms with E-state index in [9.17, 15) is 18.0 Å². The fraction of sp³-hybridized carbons (Fsp3) is 0.533. The number of aldehydes is 1. The van der Waals surface area contributed by atoms with Crippen LogP contribution in [0.3, 0.4) is 0 Å². The summed E-state index contributed by atoms with van der Waals surface area (Å²) in [6, 6.07) is 3.75. The number of anilines is 1. The first-order chi connectivity index (χ1) is 9.65. The highest BCUT2D eigenvalue weighted by Crippen LogP contribution is 2.38. The molecule has 0 bridgehead atoms. The third kappa shape index (κ3) is 3.20. The number of nitrogens with zero attached hydrogens (tertiary/aromatic N) is 2. The zero-order chi connectivity index (χ0) is 15.8. The van der Waals surface area contributed by atoms with Crippen LogP contribution in [0.4, 0.5) is 18.9 Å². The largest absolute Gasteiger partial charge is 0.418 e. The Kier molecular flexibility index (Phi) is 4.02. The first kappa shape index (κ1) is 15.8. The van der Waals surface area contributed by atoms with Crippen molar-refractivity contribution in [3.8, 4) is 0 Å². The molecule has 1 aromatic rings. The van der Waals surface area contributed by atoms with Crippen LogP contribution in [-0.2, 0) is 6.18 Å². The Labute approximate surface area is 122 Å². The smallest absolute Gasteiger partial charge is 0.368 e. The maximum atomic E-state index is 13.2. The van der Waals surface area contributed by atoms with Crippen LogP contribution in [0.2, 0.25) is 0 Å². The van der Waals surface area contributed by atoms with Crippen LogP contribution in [0.1, 0.15) is 29.8 Å². The predicted octanol–water partition coefficient (Wildman–Crippen LogP) is 3.05. The number of benzene rings is 1. The summed E-state index contributed by atoms with van der Waals surface area (Å²) < 4.78 is 39.7. The van der Waals surface area contributed by atoms with Gasteiger partial charge in [-0.1, -0.05) is 0 Å². The molecule has 1 saturated heterocycles. The molecule has 116 valence electrons. The van der Waals surface area contributed by atoms with Crippen molar-refractivity contribution in [2.45, 2.75) is 25.6 Å². The zero-order valence-corrected chi connectivity index (χ0v) is 12.4. The Morgan fingerprint density at radius 2 is 1.90 bits per heavy atom. The summed E-state index contributed by atoms with van der Waals surface area (Å²) in [5.74, 6) is 0. The summed E-state index contributed by atoms with van der Waals surface area (Å²) in [7, 11) is 1.97. The molecular weight excluding hydrogens is 281 g/mol. The molecule has 0 N–H and O–H groups in total. The molecule has 21 heavy (non-hydrogen) atoms. The van der Waals surface area contributed by atoms with Crippen molar-refractivity contribution in [1.82, 2.24) is 4.90 Å². The highest BCUT2D eigenvalue weighted by Gasteiger charge is 2.38. The van der Waals surface area contributed by atoms with Crippen LogP contribution in [-0.4, -0.2) is 43.4 Å². The molecule has 0 saturated carbocycles. The highest BCUT2D eigenvalue weighted by molar-refractivity contribution is 5.77. The first-order valence-electron chi connectivity index (χ1n) is 6.78. The Bertz CT molecular complexity index is 540. The molecule has 6 heteroatoms. The van der Waals surface area contributed by atoms with Gasteiger partial charge in [0, 0.05) is 36.4 Å². The van der Waals surface area contributed by atoms with E-state index in [1.807, 2.05) is 20.9 Å². The topological polar surface area (TPSA) is 23.6 Å². The van der Waals surface area contributed by atoms with E-state index in [2.05, 4.69) is 4.90 Å². The Morgan fingerprint density at radius 1 is 1.24 bits per heavy atom. The van der Waals surface area contributed by atoms with Gasteiger partial charge in [0.1, 0.15) is 6.29 Å². The summed E-state index contributed by atoms with van der Waals surface area (Å²) >= 11 is 0. The summed E-state index contributed by atoms with van der Waals surface area (Å²) in [6.07, 6.45) is -4.03. The summed E-state index contributed by atoms with van der Waals surface area (Å²) in [5, 5.41) is 0. The predicted molar refractivity (Wildman–Crippen MR) is 75.8 cm³/mol. The van der Waals surface area contributed by atoms with Crippen LogP contribution in [0.25, 0.3) is 0 Å². The van der Waals surface area contributed by atoms with E-state index >= 15 is 0 Å². The number of halogens is 3. The third-order valence-electron chi connectivity index (χ3n) is 4.12. The zero-order valence-electron chi connectivity index (χ0n) is 12.4. The lowest BCUT2D eigenvalue weighted by atomic mass is 9.98. The molecule has 0 amide bonds. The number of piperazine rings is 1. The van der Waals surface area contributed by atoms with Gasteiger partial charge in [0.25, 0.3) is 0 Å². The van der Waals surface area contributed by atoms with Crippen molar-refractivity contribution in [1.29, 1.82) is 0 Å². The molecule has 1 heterocycles. The Hall–Kier alpha value is -1.56. The second kappa shape index (κ2) is 5.33. The molecule has 1 aliphatic heterocycles. The van der Waals surface area contributed by atoms with Gasteiger partial charge >= 0.3 is 6.18 Å². The second-order valence-electron chi connectivity index (χ2n) is 6.05. The standard InChI is InChI=1S/C15H19F3N2O/c1-14(2)10-20(7-6-19(14)3)13-5-4-11(9-21)8-12(13)15(16,17)18/h4-5,8-9H,6-7,10H2,1-3H3. The van der Waals surface area contributed by atoms with Crippen LogP contribution in [0, 0.1) is 0 Å². The van der Waals surface area contributed by atoms with Gasteiger partial charge in [0.05, 0.1) is 5.56 Å². The molecule has 0 aromatic heterocycles. The average Bonchev–Trinajstić information content (AvgIpc) is 2.40. The highest BCUT2D eigenvalue weighted by atomic mass is 19.4. The van der Waals surface area contributed by atoms with Crippen molar-refractivity contribution in [3.63, 3.8) is 0 Å². The van der Waals surface area contributed by atoms with Gasteiger partial charge in [0.2, 0.25) is 0 Å². The number of hydrogen-bond donors (Lipinski definition) is 0. The summed E-state index contributed by atoms with van der Waals surface area (Å²) in [6.45, 7) is 5.74. The molecular formula is C15H19F3N2O. The first-order valence-corrected chi connectivity index (χ1v) is 6.78. The van der Waals surface area contributed by atoms with Crippen LogP contribution < -0.4 is 4.90 Å². The summed E-state index contributed by atoms with van der Waals surface area (Å²) in [5.41, 5.74) is -0.758. The molecule has 1 aliphatic rings. The van der Waals surface area contributed by atoms with E-state index < -0.39 is 11.7 Å². The number of carbonyl (C=O) groups is 1. The lowest BCUT2D eigenvalue weighted by Crippen LogP contribution is -2.58. The quantitative estimate of drug-likeness (QED) is 0.784. The maximum Gasteiger partial charge on any atom is 0.418 e. The lowest BCUT2D eigenvalue weighted by Gasteiger charge is -2.46. The third-order valence-corrected chi connectivity index (χ3v) is 4.12. The molecule has 0 atom stereocenters. The van der Waals surface area contributed by atoms with Crippen molar-refractivity contribution in [2.24, 2.45) is 0 Å². The minimum absolute atomic E-state index is 0.0412. The van der Waals surface area contributed by atoms with Gasteiger partial charge < -0.3 is 4.90 Å². The normalized spacial score (nSPS) is 19.6. The molecule has 0 spiro atoms. The molecule has 0 aliphatic carbocycles. The van der Waals surface area contributed by atoms with E-state index in [0.717, 1.165) is 6.07 Å². The Balaban J connectivity index is 2.42. The average molecular weight is 300 g/mol. The summed E-state index contributed by atoms with van der Waals surface area (Å²) in [4.78, 5) is 14.6. The van der Waals surface area contributed by atoms with Gasteiger partial charge in [-0.15, -0.1) is 0 Å². The van der Waals surface area contributed by atoms with E-state index in [1.165, 1.54) is 12.1 Å². The second-order valence-corrected chi connectivity index (χ2v) is 6.05. The van der Waals surface area contributed by atoms with Crippen molar-refractivity contribution in [3.05, 3.63) is 29.3 Å². The maximum absolute atomic E-state index is 13.2. The van der Waals surface area contributed by atoms with E-state index in [-0.39, 0.29) is 16.8 Å². The van der Waals surface area contributed by atoms with E-state index in [0.29, 0.717) is 25.9 Å². The van der Waals surface area contributed by atoms with Gasteiger partial charge in [0.15, 0.2) is 0 Å². The molecule has 3 nitrogen and oxygen atoms in total. The van der Waals surface area contributed by atoms with Gasteiger partial charge in [-0.2, -0.15) is 13.2 Å². The molecule has 2 rings (SSSR count). The number of rotatable bonds is 2. The minimum atomic E-state index is -4.47.